The zero-order valence-corrected chi connectivity index (χ0v) is 29.8. The molecule has 1 unspecified atom stereocenters. The number of aryl methyl sites for hydroxylation is 5. The number of carboxylic acid groups (broad SMARTS) is 1. The van der Waals surface area contributed by atoms with Gasteiger partial charge in [-0.3, -0.25) is 9.48 Å². The summed E-state index contributed by atoms with van der Waals surface area (Å²) in [7, 11) is 1.93. The van der Waals surface area contributed by atoms with E-state index >= 15 is 0 Å². The van der Waals surface area contributed by atoms with E-state index in [0.717, 1.165) is 66.4 Å². The Balaban J connectivity index is 1.45. The van der Waals surface area contributed by atoms with E-state index in [9.17, 15) is 14.7 Å². The molecule has 0 saturated heterocycles. The molecule has 0 spiro atoms. The first-order chi connectivity index (χ1) is 22.8. The van der Waals surface area contributed by atoms with Crippen LogP contribution in [0.15, 0.2) is 48.5 Å². The van der Waals surface area contributed by atoms with Gasteiger partial charge in [0.2, 0.25) is 0 Å². The second-order valence-electron chi connectivity index (χ2n) is 12.9. The van der Waals surface area contributed by atoms with Crippen LogP contribution in [0.4, 0.5) is 0 Å². The first-order valence-electron chi connectivity index (χ1n) is 16.2. The number of carbonyl (C=O) groups is 2. The third-order valence-electron chi connectivity index (χ3n) is 9.84. The van der Waals surface area contributed by atoms with Crippen molar-refractivity contribution in [2.45, 2.75) is 73.0 Å². The maximum absolute atomic E-state index is 14.7. The molecule has 48 heavy (non-hydrogen) atoms. The van der Waals surface area contributed by atoms with Crippen LogP contribution in [0.2, 0.25) is 10.0 Å². The topological polar surface area (TPSA) is 89.6 Å². The Morgan fingerprint density at radius 3 is 2.23 bits per heavy atom. The van der Waals surface area contributed by atoms with Gasteiger partial charge in [-0.15, -0.1) is 0 Å². The fraction of sp³-hybridized carbons (Fsp3) is 0.342. The largest absolute Gasteiger partial charge is 0.494 e. The van der Waals surface area contributed by atoms with Crippen LogP contribution in [-0.2, 0) is 20.0 Å². The maximum Gasteiger partial charge on any atom is 0.335 e. The van der Waals surface area contributed by atoms with E-state index in [2.05, 4.69) is 18.4 Å². The van der Waals surface area contributed by atoms with Gasteiger partial charge in [-0.1, -0.05) is 41.4 Å². The third kappa shape index (κ3) is 5.75. The molecule has 0 saturated carbocycles. The molecule has 8 nitrogen and oxygen atoms in total. The van der Waals surface area contributed by atoms with Crippen LogP contribution in [0, 0.1) is 27.7 Å². The summed E-state index contributed by atoms with van der Waals surface area (Å²) in [5, 5.41) is 16.4. The number of fused-ring (bicyclic) bond motifs is 3. The quantitative estimate of drug-likeness (QED) is 0.156. The summed E-state index contributed by atoms with van der Waals surface area (Å²) in [5.41, 5.74) is 9.30. The molecule has 6 rings (SSSR count). The summed E-state index contributed by atoms with van der Waals surface area (Å²) in [6.07, 6.45) is 1.30. The van der Waals surface area contributed by atoms with Gasteiger partial charge in [-0.05, 0) is 107 Å². The van der Waals surface area contributed by atoms with E-state index in [0.29, 0.717) is 36.7 Å². The van der Waals surface area contributed by atoms with Gasteiger partial charge in [0.25, 0.3) is 5.91 Å². The number of aromatic carboxylic acids is 1. The van der Waals surface area contributed by atoms with Crippen molar-refractivity contribution in [2.75, 3.05) is 6.61 Å². The molecule has 10 heteroatoms. The lowest BCUT2D eigenvalue weighted by Gasteiger charge is -2.40. The molecule has 5 aromatic rings. The Morgan fingerprint density at radius 1 is 0.958 bits per heavy atom. The van der Waals surface area contributed by atoms with Crippen LogP contribution in [0.3, 0.4) is 0 Å². The molecule has 2 atom stereocenters. The SMILES string of the molecule is Cc1cc(OCCCc2c3n(c4c(-c5c(C)nn(C)c5C)c(Cl)ccc24)C(C)[C@@H](C)N(Cc2ccc(C(=O)O)cc2)C3=O)cc(C)c1Cl. The van der Waals surface area contributed by atoms with Gasteiger partial charge < -0.3 is 19.3 Å². The first kappa shape index (κ1) is 33.6. The number of nitrogens with zero attached hydrogens (tertiary/aromatic N) is 4. The van der Waals surface area contributed by atoms with Crippen LogP contribution in [-0.4, -0.2) is 48.9 Å². The van der Waals surface area contributed by atoms with Gasteiger partial charge in [-0.25, -0.2) is 4.79 Å². The number of hydrogen-bond acceptors (Lipinski definition) is 4. The van der Waals surface area contributed by atoms with Gasteiger partial charge in [-0.2, -0.15) is 5.10 Å². The number of hydrogen-bond donors (Lipinski definition) is 1. The van der Waals surface area contributed by atoms with Gasteiger partial charge in [0, 0.05) is 40.8 Å². The normalized spacial score (nSPS) is 16.1. The fourth-order valence-corrected chi connectivity index (χ4v) is 7.46. The predicted octanol–water partition coefficient (Wildman–Crippen LogP) is 8.90. The van der Waals surface area contributed by atoms with Gasteiger partial charge >= 0.3 is 5.97 Å². The number of carboxylic acids is 1. The van der Waals surface area contributed by atoms with Crippen molar-refractivity contribution in [3.8, 4) is 16.9 Å². The Labute approximate surface area is 290 Å². The second-order valence-corrected chi connectivity index (χ2v) is 13.7. The monoisotopic (exact) mass is 686 g/mol. The third-order valence-corrected chi connectivity index (χ3v) is 10.8. The molecule has 0 aliphatic carbocycles. The zero-order chi connectivity index (χ0) is 34.6. The number of ether oxygens (including phenoxy) is 1. The average Bonchev–Trinajstić information content (AvgIpc) is 3.51. The number of carbonyl (C=O) groups excluding carboxylic acids is 1. The number of amides is 1. The summed E-state index contributed by atoms with van der Waals surface area (Å²) < 4.78 is 10.2. The smallest absolute Gasteiger partial charge is 0.335 e. The molecule has 1 aliphatic heterocycles. The van der Waals surface area contributed by atoms with Crippen molar-refractivity contribution in [2.24, 2.45) is 7.05 Å². The maximum atomic E-state index is 14.7. The van der Waals surface area contributed by atoms with Crippen LogP contribution in [0.5, 0.6) is 5.75 Å². The summed E-state index contributed by atoms with van der Waals surface area (Å²) in [6, 6.07) is 14.3. The Hall–Kier alpha value is -4.27. The molecule has 3 heterocycles. The Kier molecular flexibility index (Phi) is 9.09. The minimum atomic E-state index is -0.981. The number of benzene rings is 3. The van der Waals surface area contributed by atoms with Crippen molar-refractivity contribution in [3.05, 3.63) is 103 Å². The van der Waals surface area contributed by atoms with E-state index in [4.69, 9.17) is 33.0 Å². The zero-order valence-electron chi connectivity index (χ0n) is 28.3. The van der Waals surface area contributed by atoms with Gasteiger partial charge in [0.15, 0.2) is 0 Å². The van der Waals surface area contributed by atoms with E-state index in [1.807, 2.05) is 68.6 Å². The van der Waals surface area contributed by atoms with E-state index in [1.165, 1.54) is 0 Å². The van der Waals surface area contributed by atoms with Crippen molar-refractivity contribution in [3.63, 3.8) is 0 Å². The van der Waals surface area contributed by atoms with Crippen LogP contribution < -0.4 is 4.74 Å². The van der Waals surface area contributed by atoms with Crippen molar-refractivity contribution in [1.82, 2.24) is 19.2 Å². The van der Waals surface area contributed by atoms with E-state index in [-0.39, 0.29) is 23.6 Å². The van der Waals surface area contributed by atoms with Crippen molar-refractivity contribution >= 4 is 46.0 Å². The lowest BCUT2D eigenvalue weighted by Crippen LogP contribution is -2.48. The minimum absolute atomic E-state index is 0.0688. The lowest BCUT2D eigenvalue weighted by atomic mass is 9.98. The van der Waals surface area contributed by atoms with Gasteiger partial charge in [0.05, 0.1) is 40.5 Å². The molecule has 3 aromatic carbocycles. The van der Waals surface area contributed by atoms with Crippen LogP contribution in [0.1, 0.15) is 80.8 Å². The molecule has 0 bridgehead atoms. The molecular weight excluding hydrogens is 647 g/mol. The average molecular weight is 688 g/mol. The second kappa shape index (κ2) is 13.0. The van der Waals surface area contributed by atoms with Gasteiger partial charge in [0.1, 0.15) is 11.4 Å². The highest BCUT2D eigenvalue weighted by Gasteiger charge is 2.40. The summed E-state index contributed by atoms with van der Waals surface area (Å²) in [5.74, 6) is -0.278. The summed E-state index contributed by atoms with van der Waals surface area (Å²) in [6.45, 7) is 13.0. The highest BCUT2D eigenvalue weighted by molar-refractivity contribution is 6.35. The molecule has 250 valence electrons. The van der Waals surface area contributed by atoms with E-state index in [1.54, 1.807) is 24.3 Å². The fourth-order valence-electron chi connectivity index (χ4n) is 7.10. The van der Waals surface area contributed by atoms with E-state index < -0.39 is 5.97 Å². The summed E-state index contributed by atoms with van der Waals surface area (Å²) >= 11 is 13.4. The summed E-state index contributed by atoms with van der Waals surface area (Å²) in [4.78, 5) is 28.0. The predicted molar refractivity (Wildman–Crippen MR) is 191 cm³/mol. The van der Waals surface area contributed by atoms with Crippen molar-refractivity contribution < 1.29 is 19.4 Å². The molecule has 1 amide bonds. The molecule has 2 aromatic heterocycles. The molecule has 0 fully saturated rings. The molecule has 1 N–H and O–H groups in total. The molecular formula is C38H40Cl2N4O4. The lowest BCUT2D eigenvalue weighted by molar-refractivity contribution is 0.0544. The first-order valence-corrected chi connectivity index (χ1v) is 16.9. The number of halogens is 2. The number of rotatable bonds is 9. The minimum Gasteiger partial charge on any atom is -0.494 e. The molecule has 1 aliphatic rings. The number of aromatic nitrogens is 3. The van der Waals surface area contributed by atoms with Crippen molar-refractivity contribution in [1.29, 1.82) is 0 Å². The Morgan fingerprint density at radius 2 is 1.62 bits per heavy atom. The standard InChI is InChI=1S/C38H40Cl2N4O4/c1-20-17-28(18-21(2)34(20)40)48-16-8-9-29-30-14-15-31(39)33(32-22(3)41-42(7)25(32)6)35(30)44-24(5)23(4)43(37(45)36(29)44)19-26-10-12-27(13-11-26)38(46)47/h10-15,17-18,23-24H,8-9,16,19H2,1-7H3,(H,46,47)/t23-,24?/m1/s1. The van der Waals surface area contributed by atoms with Crippen LogP contribution >= 0.6 is 23.2 Å². The molecule has 0 radical (unpaired) electrons. The highest BCUT2D eigenvalue weighted by Crippen LogP contribution is 2.45. The Bertz CT molecular complexity index is 2060. The van der Waals surface area contributed by atoms with Crippen LogP contribution in [0.25, 0.3) is 22.0 Å². The highest BCUT2D eigenvalue weighted by atomic mass is 35.5.